The lowest BCUT2D eigenvalue weighted by atomic mass is 10.0. The van der Waals surface area contributed by atoms with Gasteiger partial charge in [0, 0.05) is 0 Å². The molecule has 0 heterocycles. The number of carboxylic acid groups (broad SMARTS) is 1. The van der Waals surface area contributed by atoms with Gasteiger partial charge in [-0.15, -0.1) is 0 Å². The van der Waals surface area contributed by atoms with Crippen molar-refractivity contribution in [1.82, 2.24) is 10.6 Å². The van der Waals surface area contributed by atoms with Crippen molar-refractivity contribution in [3.8, 4) is 0 Å². The quantitative estimate of drug-likeness (QED) is 0.573. The van der Waals surface area contributed by atoms with Crippen LogP contribution in [0.15, 0.2) is 30.3 Å². The number of alkyl carbamates (subject to hydrolysis) is 1. The molecule has 0 saturated carbocycles. The van der Waals surface area contributed by atoms with Crippen LogP contribution in [0.3, 0.4) is 0 Å². The SMILES string of the molecule is CSCC[C@H](NC(=O)OCc1ccccc1)C(=O)N[C@H](C(=O)O)C(C)C. The first-order valence-electron chi connectivity index (χ1n) is 8.34. The average Bonchev–Trinajstić information content (AvgIpc) is 2.61. The van der Waals surface area contributed by atoms with E-state index in [4.69, 9.17) is 4.74 Å². The number of carboxylic acids is 1. The molecule has 0 fully saturated rings. The minimum Gasteiger partial charge on any atom is -0.480 e. The molecule has 0 bridgehead atoms. The largest absolute Gasteiger partial charge is 0.480 e. The van der Waals surface area contributed by atoms with Crippen molar-refractivity contribution in [2.24, 2.45) is 5.92 Å². The summed E-state index contributed by atoms with van der Waals surface area (Å²) in [7, 11) is 0. The van der Waals surface area contributed by atoms with E-state index in [1.165, 1.54) is 11.8 Å². The first-order chi connectivity index (χ1) is 12.3. The molecular weight excluding hydrogens is 356 g/mol. The minimum absolute atomic E-state index is 0.0906. The van der Waals surface area contributed by atoms with Gasteiger partial charge in [-0.2, -0.15) is 11.8 Å². The summed E-state index contributed by atoms with van der Waals surface area (Å²) in [4.78, 5) is 35.7. The van der Waals surface area contributed by atoms with E-state index < -0.39 is 30.1 Å². The molecule has 0 aliphatic rings. The van der Waals surface area contributed by atoms with E-state index in [0.29, 0.717) is 12.2 Å². The van der Waals surface area contributed by atoms with E-state index in [0.717, 1.165) is 5.56 Å². The molecule has 1 aromatic rings. The van der Waals surface area contributed by atoms with Crippen LogP contribution in [-0.2, 0) is 20.9 Å². The Morgan fingerprint density at radius 2 is 1.81 bits per heavy atom. The molecule has 0 aliphatic carbocycles. The summed E-state index contributed by atoms with van der Waals surface area (Å²) >= 11 is 1.53. The zero-order valence-electron chi connectivity index (χ0n) is 15.2. The van der Waals surface area contributed by atoms with Gasteiger partial charge in [0.2, 0.25) is 5.91 Å². The lowest BCUT2D eigenvalue weighted by molar-refractivity contribution is -0.143. The molecule has 2 atom stereocenters. The van der Waals surface area contributed by atoms with Gasteiger partial charge in [0.1, 0.15) is 18.7 Å². The second-order valence-corrected chi connectivity index (χ2v) is 7.09. The number of hydrogen-bond acceptors (Lipinski definition) is 5. The highest BCUT2D eigenvalue weighted by molar-refractivity contribution is 7.98. The van der Waals surface area contributed by atoms with Gasteiger partial charge in [0.15, 0.2) is 0 Å². The summed E-state index contributed by atoms with van der Waals surface area (Å²) in [6.45, 7) is 3.50. The molecule has 144 valence electrons. The van der Waals surface area contributed by atoms with Gasteiger partial charge in [0.05, 0.1) is 0 Å². The predicted octanol–water partition coefficient (Wildman–Crippen LogP) is 2.26. The van der Waals surface area contributed by atoms with Crippen molar-refractivity contribution in [3.05, 3.63) is 35.9 Å². The van der Waals surface area contributed by atoms with Crippen LogP contribution < -0.4 is 10.6 Å². The van der Waals surface area contributed by atoms with Crippen LogP contribution in [0.5, 0.6) is 0 Å². The molecule has 0 aliphatic heterocycles. The molecule has 0 unspecified atom stereocenters. The van der Waals surface area contributed by atoms with Crippen molar-refractivity contribution >= 4 is 29.7 Å². The van der Waals surface area contributed by atoms with Gasteiger partial charge in [-0.25, -0.2) is 9.59 Å². The summed E-state index contributed by atoms with van der Waals surface area (Å²) in [6, 6.07) is 7.32. The van der Waals surface area contributed by atoms with Crippen LogP contribution in [0.25, 0.3) is 0 Å². The Morgan fingerprint density at radius 1 is 1.15 bits per heavy atom. The van der Waals surface area contributed by atoms with E-state index >= 15 is 0 Å². The fourth-order valence-corrected chi connectivity index (χ4v) is 2.65. The van der Waals surface area contributed by atoms with Gasteiger partial charge in [-0.1, -0.05) is 44.2 Å². The summed E-state index contributed by atoms with van der Waals surface area (Å²) in [5.74, 6) is -1.28. The highest BCUT2D eigenvalue weighted by atomic mass is 32.2. The summed E-state index contributed by atoms with van der Waals surface area (Å²) < 4.78 is 5.14. The van der Waals surface area contributed by atoms with E-state index in [9.17, 15) is 19.5 Å². The maximum absolute atomic E-state index is 12.4. The number of carbonyl (C=O) groups excluding carboxylic acids is 2. The Bertz CT molecular complexity index is 595. The van der Waals surface area contributed by atoms with E-state index in [2.05, 4.69) is 10.6 Å². The third-order valence-corrected chi connectivity index (χ3v) is 4.31. The molecule has 1 aromatic carbocycles. The summed E-state index contributed by atoms with van der Waals surface area (Å²) in [5, 5.41) is 14.2. The molecule has 1 rings (SSSR count). The zero-order chi connectivity index (χ0) is 19.5. The molecule has 8 heteroatoms. The van der Waals surface area contributed by atoms with Gasteiger partial charge in [0.25, 0.3) is 0 Å². The number of benzene rings is 1. The molecule has 26 heavy (non-hydrogen) atoms. The maximum atomic E-state index is 12.4. The van der Waals surface area contributed by atoms with Gasteiger partial charge < -0.3 is 20.5 Å². The van der Waals surface area contributed by atoms with E-state index in [1.54, 1.807) is 13.8 Å². The van der Waals surface area contributed by atoms with Crippen molar-refractivity contribution in [1.29, 1.82) is 0 Å². The number of aliphatic carboxylic acids is 1. The molecule has 0 spiro atoms. The molecule has 3 N–H and O–H groups in total. The Hall–Kier alpha value is -2.22. The normalized spacial score (nSPS) is 12.9. The van der Waals surface area contributed by atoms with Gasteiger partial charge >= 0.3 is 12.1 Å². The number of nitrogens with one attached hydrogen (secondary N) is 2. The maximum Gasteiger partial charge on any atom is 0.408 e. The standard InChI is InChI=1S/C18H26N2O5S/c1-12(2)15(17(22)23)20-16(21)14(9-10-26-3)19-18(24)25-11-13-7-5-4-6-8-13/h4-8,12,14-15H,9-11H2,1-3H3,(H,19,24)(H,20,21)(H,22,23)/t14-,15-/m0/s1. The van der Waals surface area contributed by atoms with Crippen molar-refractivity contribution in [2.45, 2.75) is 39.0 Å². The van der Waals surface area contributed by atoms with E-state index in [-0.39, 0.29) is 12.5 Å². The smallest absolute Gasteiger partial charge is 0.408 e. The Labute approximate surface area is 157 Å². The second-order valence-electron chi connectivity index (χ2n) is 6.11. The number of ether oxygens (including phenoxy) is 1. The summed E-state index contributed by atoms with van der Waals surface area (Å²) in [6.07, 6.45) is 1.54. The monoisotopic (exact) mass is 382 g/mol. The van der Waals surface area contributed by atoms with Crippen LogP contribution in [-0.4, -0.2) is 47.2 Å². The number of rotatable bonds is 10. The molecule has 0 aromatic heterocycles. The third kappa shape index (κ3) is 7.77. The van der Waals surface area contributed by atoms with Crippen LogP contribution in [0.4, 0.5) is 4.79 Å². The number of thioether (sulfide) groups is 1. The molecule has 0 radical (unpaired) electrons. The van der Waals surface area contributed by atoms with Crippen molar-refractivity contribution in [2.75, 3.05) is 12.0 Å². The van der Waals surface area contributed by atoms with Crippen molar-refractivity contribution in [3.63, 3.8) is 0 Å². The average molecular weight is 382 g/mol. The van der Waals surface area contributed by atoms with Crippen molar-refractivity contribution < 1.29 is 24.2 Å². The second kappa shape index (κ2) is 11.4. The lowest BCUT2D eigenvalue weighted by Gasteiger charge is -2.23. The van der Waals surface area contributed by atoms with Crippen LogP contribution >= 0.6 is 11.8 Å². The van der Waals surface area contributed by atoms with Crippen LogP contribution in [0, 0.1) is 5.92 Å². The van der Waals surface area contributed by atoms with Crippen LogP contribution in [0.2, 0.25) is 0 Å². The number of carbonyl (C=O) groups is 3. The number of amides is 2. The third-order valence-electron chi connectivity index (χ3n) is 3.66. The predicted molar refractivity (Wildman–Crippen MR) is 101 cm³/mol. The Balaban J connectivity index is 2.65. The highest BCUT2D eigenvalue weighted by Crippen LogP contribution is 2.07. The van der Waals surface area contributed by atoms with Gasteiger partial charge in [-0.05, 0) is 29.9 Å². The number of hydrogen-bond donors (Lipinski definition) is 3. The summed E-state index contributed by atoms with van der Waals surface area (Å²) in [5.41, 5.74) is 0.832. The highest BCUT2D eigenvalue weighted by Gasteiger charge is 2.28. The Morgan fingerprint density at radius 3 is 2.35 bits per heavy atom. The fourth-order valence-electron chi connectivity index (χ4n) is 2.18. The first kappa shape index (κ1) is 21.8. The fraction of sp³-hybridized carbons (Fsp3) is 0.500. The van der Waals surface area contributed by atoms with Gasteiger partial charge in [-0.3, -0.25) is 4.79 Å². The zero-order valence-corrected chi connectivity index (χ0v) is 16.0. The van der Waals surface area contributed by atoms with Crippen LogP contribution in [0.1, 0.15) is 25.8 Å². The first-order valence-corrected chi connectivity index (χ1v) is 9.73. The van der Waals surface area contributed by atoms with E-state index in [1.807, 2.05) is 36.6 Å². The lowest BCUT2D eigenvalue weighted by Crippen LogP contribution is -2.53. The molecule has 2 amide bonds. The minimum atomic E-state index is -1.11. The molecule has 7 nitrogen and oxygen atoms in total. The Kier molecular flexibility index (Phi) is 9.57. The molecular formula is C18H26N2O5S. The molecule has 0 saturated heterocycles. The topological polar surface area (TPSA) is 105 Å².